The van der Waals surface area contributed by atoms with Gasteiger partial charge >= 0.3 is 6.09 Å². The Labute approximate surface area is 125 Å². The SMILES string of the molecule is CC(C)(C)OC(=O)N1CC2C[C@@]2(C(=O)N2CCOCC2)C1. The summed E-state index contributed by atoms with van der Waals surface area (Å²) in [4.78, 5) is 28.4. The molecule has 0 aromatic carbocycles. The summed E-state index contributed by atoms with van der Waals surface area (Å²) >= 11 is 0. The molecule has 3 fully saturated rings. The molecule has 0 aromatic rings. The molecule has 6 heteroatoms. The van der Waals surface area contributed by atoms with E-state index in [0.29, 0.717) is 45.3 Å². The van der Waals surface area contributed by atoms with Gasteiger partial charge in [0.25, 0.3) is 0 Å². The van der Waals surface area contributed by atoms with Crippen LogP contribution in [0.3, 0.4) is 0 Å². The Morgan fingerprint density at radius 3 is 2.48 bits per heavy atom. The van der Waals surface area contributed by atoms with Gasteiger partial charge < -0.3 is 19.3 Å². The summed E-state index contributed by atoms with van der Waals surface area (Å²) in [7, 11) is 0. The van der Waals surface area contributed by atoms with Crippen LogP contribution in [0.4, 0.5) is 4.79 Å². The molecule has 0 radical (unpaired) electrons. The molecule has 21 heavy (non-hydrogen) atoms. The van der Waals surface area contributed by atoms with E-state index < -0.39 is 5.60 Å². The topological polar surface area (TPSA) is 59.1 Å². The van der Waals surface area contributed by atoms with E-state index in [1.165, 1.54) is 0 Å². The first-order chi connectivity index (χ1) is 9.82. The summed E-state index contributed by atoms with van der Waals surface area (Å²) in [5.74, 6) is 0.502. The minimum absolute atomic E-state index is 0.196. The van der Waals surface area contributed by atoms with Crippen molar-refractivity contribution in [2.45, 2.75) is 32.8 Å². The number of carbonyl (C=O) groups excluding carboxylic acids is 2. The molecule has 3 aliphatic rings. The molecular formula is C15H24N2O4. The van der Waals surface area contributed by atoms with Crippen molar-refractivity contribution in [2.24, 2.45) is 11.3 Å². The molecule has 2 amide bonds. The zero-order valence-electron chi connectivity index (χ0n) is 13.1. The number of hydrogen-bond acceptors (Lipinski definition) is 4. The first kappa shape index (κ1) is 14.6. The number of likely N-dealkylation sites (tertiary alicyclic amines) is 1. The van der Waals surface area contributed by atoms with Crippen molar-refractivity contribution in [2.75, 3.05) is 39.4 Å². The Morgan fingerprint density at radius 1 is 1.19 bits per heavy atom. The van der Waals surface area contributed by atoms with Crippen molar-refractivity contribution < 1.29 is 19.1 Å². The van der Waals surface area contributed by atoms with E-state index in [9.17, 15) is 9.59 Å². The lowest BCUT2D eigenvalue weighted by Gasteiger charge is -2.31. The average molecular weight is 296 g/mol. The largest absolute Gasteiger partial charge is 0.444 e. The van der Waals surface area contributed by atoms with Crippen molar-refractivity contribution >= 4 is 12.0 Å². The molecule has 118 valence electrons. The van der Waals surface area contributed by atoms with Gasteiger partial charge in [0.15, 0.2) is 0 Å². The van der Waals surface area contributed by atoms with Gasteiger partial charge in [-0.2, -0.15) is 0 Å². The summed E-state index contributed by atoms with van der Waals surface area (Å²) in [6.07, 6.45) is 0.603. The van der Waals surface area contributed by atoms with E-state index in [0.717, 1.165) is 6.42 Å². The molecule has 1 saturated carbocycles. The van der Waals surface area contributed by atoms with E-state index in [4.69, 9.17) is 9.47 Å². The molecule has 0 spiro atoms. The van der Waals surface area contributed by atoms with Crippen LogP contribution in [0.5, 0.6) is 0 Å². The second kappa shape index (κ2) is 4.87. The number of amides is 2. The summed E-state index contributed by atoms with van der Waals surface area (Å²) in [5, 5.41) is 0. The van der Waals surface area contributed by atoms with Crippen LogP contribution >= 0.6 is 0 Å². The highest BCUT2D eigenvalue weighted by Crippen LogP contribution is 2.59. The summed E-state index contributed by atoms with van der Waals surface area (Å²) in [5.41, 5.74) is -0.834. The molecular weight excluding hydrogens is 272 g/mol. The van der Waals surface area contributed by atoms with Gasteiger partial charge in [0.2, 0.25) is 5.91 Å². The molecule has 1 aliphatic carbocycles. The maximum absolute atomic E-state index is 12.7. The molecule has 0 N–H and O–H groups in total. The number of nitrogens with zero attached hydrogens (tertiary/aromatic N) is 2. The zero-order valence-corrected chi connectivity index (χ0v) is 13.1. The molecule has 0 bridgehead atoms. The highest BCUT2D eigenvalue weighted by molar-refractivity contribution is 5.88. The van der Waals surface area contributed by atoms with Crippen LogP contribution in [-0.4, -0.2) is 66.8 Å². The van der Waals surface area contributed by atoms with Gasteiger partial charge in [0.05, 0.1) is 18.6 Å². The third-order valence-electron chi connectivity index (χ3n) is 4.52. The van der Waals surface area contributed by atoms with E-state index in [1.807, 2.05) is 25.7 Å². The average Bonchev–Trinajstić information content (AvgIpc) is 2.99. The van der Waals surface area contributed by atoms with Gasteiger partial charge in [-0.1, -0.05) is 0 Å². The number of morpholine rings is 1. The third-order valence-corrected chi connectivity index (χ3v) is 4.52. The predicted molar refractivity (Wildman–Crippen MR) is 75.7 cm³/mol. The number of fused-ring (bicyclic) bond motifs is 1. The van der Waals surface area contributed by atoms with Gasteiger partial charge in [0, 0.05) is 26.2 Å². The Bertz CT molecular complexity index is 453. The van der Waals surface area contributed by atoms with E-state index in [1.54, 1.807) is 4.90 Å². The van der Waals surface area contributed by atoms with Crippen molar-refractivity contribution in [3.05, 3.63) is 0 Å². The molecule has 6 nitrogen and oxygen atoms in total. The first-order valence-electron chi connectivity index (χ1n) is 7.67. The molecule has 2 aliphatic heterocycles. The normalized spacial score (nSPS) is 31.9. The van der Waals surface area contributed by atoms with Gasteiger partial charge in [-0.05, 0) is 33.1 Å². The number of rotatable bonds is 1. The fourth-order valence-corrected chi connectivity index (χ4v) is 3.36. The van der Waals surface area contributed by atoms with Crippen LogP contribution < -0.4 is 0 Å². The van der Waals surface area contributed by atoms with Gasteiger partial charge in [0.1, 0.15) is 5.60 Å². The molecule has 2 saturated heterocycles. The lowest BCUT2D eigenvalue weighted by molar-refractivity contribution is -0.141. The summed E-state index contributed by atoms with van der Waals surface area (Å²) in [6.45, 7) is 9.28. The predicted octanol–water partition coefficient (Wildman–Crippen LogP) is 1.10. The minimum atomic E-state index is -0.495. The van der Waals surface area contributed by atoms with Gasteiger partial charge in [-0.15, -0.1) is 0 Å². The van der Waals surface area contributed by atoms with Crippen molar-refractivity contribution in [1.82, 2.24) is 9.80 Å². The van der Waals surface area contributed by atoms with E-state index >= 15 is 0 Å². The van der Waals surface area contributed by atoms with Crippen LogP contribution in [0.2, 0.25) is 0 Å². The Balaban J connectivity index is 1.61. The standard InChI is InChI=1S/C15H24N2O4/c1-14(2,3)21-13(19)17-9-11-8-15(11,10-17)12(18)16-4-6-20-7-5-16/h11H,4-10H2,1-3H3/t11?,15-/m1/s1. The van der Waals surface area contributed by atoms with Gasteiger partial charge in [-0.3, -0.25) is 4.79 Å². The van der Waals surface area contributed by atoms with Crippen LogP contribution in [0, 0.1) is 11.3 Å². The fourth-order valence-electron chi connectivity index (χ4n) is 3.36. The van der Waals surface area contributed by atoms with Gasteiger partial charge in [-0.25, -0.2) is 4.79 Å². The monoisotopic (exact) mass is 296 g/mol. The number of piperidine rings is 1. The summed E-state index contributed by atoms with van der Waals surface area (Å²) in [6, 6.07) is 0. The quantitative estimate of drug-likeness (QED) is 0.727. The third kappa shape index (κ3) is 2.73. The highest BCUT2D eigenvalue weighted by atomic mass is 16.6. The van der Waals surface area contributed by atoms with E-state index in [-0.39, 0.29) is 17.4 Å². The second-order valence-electron chi connectivity index (χ2n) is 7.32. The maximum atomic E-state index is 12.7. The molecule has 2 heterocycles. The number of ether oxygens (including phenoxy) is 2. The van der Waals surface area contributed by atoms with Crippen molar-refractivity contribution in [1.29, 1.82) is 0 Å². The van der Waals surface area contributed by atoms with E-state index in [2.05, 4.69) is 0 Å². The second-order valence-corrected chi connectivity index (χ2v) is 7.32. The zero-order chi connectivity index (χ0) is 15.3. The number of hydrogen-bond donors (Lipinski definition) is 0. The lowest BCUT2D eigenvalue weighted by Crippen LogP contribution is -2.46. The maximum Gasteiger partial charge on any atom is 0.410 e. The molecule has 2 atom stereocenters. The van der Waals surface area contributed by atoms with Crippen molar-refractivity contribution in [3.63, 3.8) is 0 Å². The lowest BCUT2D eigenvalue weighted by atomic mass is 10.0. The fraction of sp³-hybridized carbons (Fsp3) is 0.867. The van der Waals surface area contributed by atoms with Crippen LogP contribution in [0.15, 0.2) is 0 Å². The smallest absolute Gasteiger partial charge is 0.410 e. The Kier molecular flexibility index (Phi) is 3.39. The highest BCUT2D eigenvalue weighted by Gasteiger charge is 2.66. The minimum Gasteiger partial charge on any atom is -0.444 e. The Hall–Kier alpha value is -1.30. The van der Waals surface area contributed by atoms with Crippen LogP contribution in [-0.2, 0) is 14.3 Å². The van der Waals surface area contributed by atoms with Crippen LogP contribution in [0.1, 0.15) is 27.2 Å². The Morgan fingerprint density at radius 2 is 1.86 bits per heavy atom. The number of carbonyl (C=O) groups is 2. The van der Waals surface area contributed by atoms with Crippen LogP contribution in [0.25, 0.3) is 0 Å². The first-order valence-corrected chi connectivity index (χ1v) is 7.67. The molecule has 1 unspecified atom stereocenters. The van der Waals surface area contributed by atoms with Crippen molar-refractivity contribution in [3.8, 4) is 0 Å². The molecule has 3 rings (SSSR count). The summed E-state index contributed by atoms with van der Waals surface area (Å²) < 4.78 is 10.7. The molecule has 0 aromatic heterocycles.